The lowest BCUT2D eigenvalue weighted by Crippen LogP contribution is -2.47. The Labute approximate surface area is 97.6 Å². The van der Waals surface area contributed by atoms with Crippen molar-refractivity contribution in [3.8, 4) is 0 Å². The van der Waals surface area contributed by atoms with Gasteiger partial charge < -0.3 is 10.2 Å². The van der Waals surface area contributed by atoms with Crippen LogP contribution < -0.4 is 5.32 Å². The first kappa shape index (κ1) is 10.6. The summed E-state index contributed by atoms with van der Waals surface area (Å²) in [5, 5.41) is 3.06. The summed E-state index contributed by atoms with van der Waals surface area (Å²) in [4.78, 5) is 13.4. The summed E-state index contributed by atoms with van der Waals surface area (Å²) in [6, 6.07) is 8.09. The predicted octanol–water partition coefficient (Wildman–Crippen LogP) is 1.38. The first-order valence-corrected chi connectivity index (χ1v) is 5.78. The molecule has 1 aromatic rings. The Morgan fingerprint density at radius 2 is 2.07 bits per heavy atom. The molecule has 0 unspecified atom stereocenters. The van der Waals surface area contributed by atoms with Crippen LogP contribution in [0.15, 0.2) is 28.7 Å². The van der Waals surface area contributed by atoms with Gasteiger partial charge in [0.05, 0.1) is 6.54 Å². The zero-order chi connectivity index (χ0) is 10.7. The quantitative estimate of drug-likeness (QED) is 0.879. The van der Waals surface area contributed by atoms with Crippen molar-refractivity contribution in [1.29, 1.82) is 0 Å². The Morgan fingerprint density at radius 1 is 1.33 bits per heavy atom. The molecule has 3 nitrogen and oxygen atoms in total. The van der Waals surface area contributed by atoms with Gasteiger partial charge in [0, 0.05) is 24.1 Å². The lowest BCUT2D eigenvalue weighted by molar-refractivity contribution is -0.132. The number of piperazine rings is 1. The van der Waals surface area contributed by atoms with Gasteiger partial charge in [0.25, 0.3) is 0 Å². The minimum absolute atomic E-state index is 0.184. The minimum atomic E-state index is 0.184. The maximum Gasteiger partial charge on any atom is 0.236 e. The van der Waals surface area contributed by atoms with Crippen molar-refractivity contribution in [2.75, 3.05) is 19.6 Å². The van der Waals surface area contributed by atoms with Crippen LogP contribution in [0.4, 0.5) is 0 Å². The largest absolute Gasteiger partial charge is 0.336 e. The zero-order valence-electron chi connectivity index (χ0n) is 8.37. The number of rotatable bonds is 2. The van der Waals surface area contributed by atoms with Gasteiger partial charge in [0.1, 0.15) is 0 Å². The van der Waals surface area contributed by atoms with Gasteiger partial charge in [-0.25, -0.2) is 0 Å². The van der Waals surface area contributed by atoms with Gasteiger partial charge in [0.15, 0.2) is 0 Å². The van der Waals surface area contributed by atoms with E-state index in [1.807, 2.05) is 29.2 Å². The molecule has 1 N–H and O–H groups in total. The minimum Gasteiger partial charge on any atom is -0.336 e. The molecule has 0 spiro atoms. The Balaban J connectivity index is 2.01. The fraction of sp³-hybridized carbons (Fsp3) is 0.364. The summed E-state index contributed by atoms with van der Waals surface area (Å²) in [6.07, 6.45) is 0. The van der Waals surface area contributed by atoms with Crippen molar-refractivity contribution >= 4 is 21.8 Å². The summed E-state index contributed by atoms with van der Waals surface area (Å²) < 4.78 is 1.07. The van der Waals surface area contributed by atoms with Crippen LogP contribution in [0.1, 0.15) is 5.56 Å². The molecule has 1 aromatic carbocycles. The molecule has 1 aliphatic heterocycles. The molecular weight excluding hydrogens is 256 g/mol. The highest BCUT2D eigenvalue weighted by Gasteiger charge is 2.17. The van der Waals surface area contributed by atoms with E-state index in [-0.39, 0.29) is 5.91 Å². The van der Waals surface area contributed by atoms with E-state index in [1.165, 1.54) is 5.56 Å². The number of carbonyl (C=O) groups excluding carboxylic acids is 1. The lowest BCUT2D eigenvalue weighted by Gasteiger charge is -2.27. The maximum absolute atomic E-state index is 11.5. The summed E-state index contributed by atoms with van der Waals surface area (Å²) >= 11 is 3.39. The van der Waals surface area contributed by atoms with Crippen molar-refractivity contribution < 1.29 is 4.79 Å². The molecule has 2 rings (SSSR count). The van der Waals surface area contributed by atoms with Crippen LogP contribution in [0.3, 0.4) is 0 Å². The van der Waals surface area contributed by atoms with Crippen LogP contribution in [0.25, 0.3) is 0 Å². The third kappa shape index (κ3) is 2.79. The molecule has 80 valence electrons. The number of nitrogens with one attached hydrogen (secondary N) is 1. The number of halogens is 1. The molecule has 0 aliphatic carbocycles. The molecule has 1 amide bonds. The summed E-state index contributed by atoms with van der Waals surface area (Å²) in [6.45, 7) is 2.88. The van der Waals surface area contributed by atoms with Gasteiger partial charge in [-0.3, -0.25) is 4.79 Å². The van der Waals surface area contributed by atoms with Crippen molar-refractivity contribution in [1.82, 2.24) is 10.2 Å². The van der Waals surface area contributed by atoms with Crippen LogP contribution in [0.2, 0.25) is 0 Å². The number of hydrogen-bond donors (Lipinski definition) is 1. The molecule has 0 aromatic heterocycles. The molecule has 1 fully saturated rings. The van der Waals surface area contributed by atoms with Crippen LogP contribution in [-0.2, 0) is 11.3 Å². The molecule has 0 atom stereocenters. The number of amides is 1. The van der Waals surface area contributed by atoms with E-state index in [0.717, 1.165) is 17.6 Å². The van der Waals surface area contributed by atoms with Crippen molar-refractivity contribution in [2.24, 2.45) is 0 Å². The maximum atomic E-state index is 11.5. The van der Waals surface area contributed by atoms with E-state index >= 15 is 0 Å². The highest BCUT2D eigenvalue weighted by molar-refractivity contribution is 9.10. The second-order valence-electron chi connectivity index (χ2n) is 3.62. The van der Waals surface area contributed by atoms with Crippen molar-refractivity contribution in [2.45, 2.75) is 6.54 Å². The summed E-state index contributed by atoms with van der Waals surface area (Å²) in [7, 11) is 0. The van der Waals surface area contributed by atoms with Crippen LogP contribution in [0, 0.1) is 0 Å². The molecule has 15 heavy (non-hydrogen) atoms. The molecule has 4 heteroatoms. The molecule has 1 saturated heterocycles. The normalized spacial score (nSPS) is 16.9. The van der Waals surface area contributed by atoms with E-state index in [9.17, 15) is 4.79 Å². The Bertz CT molecular complexity index is 350. The van der Waals surface area contributed by atoms with Crippen LogP contribution in [-0.4, -0.2) is 30.4 Å². The number of nitrogens with zero attached hydrogens (tertiary/aromatic N) is 1. The summed E-state index contributed by atoms with van der Waals surface area (Å²) in [5.74, 6) is 0.184. The molecule has 1 heterocycles. The van der Waals surface area contributed by atoms with Gasteiger partial charge in [-0.2, -0.15) is 0 Å². The lowest BCUT2D eigenvalue weighted by atomic mass is 10.2. The van der Waals surface area contributed by atoms with E-state index in [4.69, 9.17) is 0 Å². The average molecular weight is 269 g/mol. The van der Waals surface area contributed by atoms with Crippen molar-refractivity contribution in [3.63, 3.8) is 0 Å². The number of carbonyl (C=O) groups is 1. The highest BCUT2D eigenvalue weighted by Crippen LogP contribution is 2.12. The summed E-state index contributed by atoms with van der Waals surface area (Å²) in [5.41, 5.74) is 1.17. The number of benzene rings is 1. The van der Waals surface area contributed by atoms with Gasteiger partial charge in [-0.15, -0.1) is 0 Å². The van der Waals surface area contributed by atoms with Crippen LogP contribution in [0.5, 0.6) is 0 Å². The highest BCUT2D eigenvalue weighted by atomic mass is 79.9. The van der Waals surface area contributed by atoms with E-state index < -0.39 is 0 Å². The second-order valence-corrected chi connectivity index (χ2v) is 4.53. The number of hydrogen-bond acceptors (Lipinski definition) is 2. The van der Waals surface area contributed by atoms with E-state index in [2.05, 4.69) is 21.2 Å². The molecule has 0 bridgehead atoms. The second kappa shape index (κ2) is 4.77. The van der Waals surface area contributed by atoms with Gasteiger partial charge in [-0.05, 0) is 17.7 Å². The third-order valence-electron chi connectivity index (χ3n) is 2.47. The molecule has 0 saturated carbocycles. The standard InChI is InChI=1S/C11H13BrN2O/c12-10-3-1-9(2-4-10)8-14-6-5-13-7-11(14)15/h1-4,13H,5-8H2. The average Bonchev–Trinajstić information content (AvgIpc) is 2.25. The SMILES string of the molecule is O=C1CNCCN1Cc1ccc(Br)cc1. The van der Waals surface area contributed by atoms with Gasteiger partial charge in [-0.1, -0.05) is 28.1 Å². The fourth-order valence-electron chi connectivity index (χ4n) is 1.62. The molecular formula is C11H13BrN2O. The first-order chi connectivity index (χ1) is 7.25. The van der Waals surface area contributed by atoms with Crippen molar-refractivity contribution in [3.05, 3.63) is 34.3 Å². The van der Waals surface area contributed by atoms with E-state index in [0.29, 0.717) is 13.1 Å². The first-order valence-electron chi connectivity index (χ1n) is 4.98. The van der Waals surface area contributed by atoms with Crippen LogP contribution >= 0.6 is 15.9 Å². The Kier molecular flexibility index (Phi) is 3.38. The predicted molar refractivity (Wildman–Crippen MR) is 62.4 cm³/mol. The van der Waals surface area contributed by atoms with Gasteiger partial charge >= 0.3 is 0 Å². The fourth-order valence-corrected chi connectivity index (χ4v) is 1.89. The van der Waals surface area contributed by atoms with Gasteiger partial charge in [0.2, 0.25) is 5.91 Å². The van der Waals surface area contributed by atoms with E-state index in [1.54, 1.807) is 0 Å². The smallest absolute Gasteiger partial charge is 0.236 e. The molecule has 0 radical (unpaired) electrons. The topological polar surface area (TPSA) is 32.3 Å². The third-order valence-corrected chi connectivity index (χ3v) is 3.00. The monoisotopic (exact) mass is 268 g/mol. The Hall–Kier alpha value is -0.870. The zero-order valence-corrected chi connectivity index (χ0v) is 9.96. The Morgan fingerprint density at radius 3 is 2.73 bits per heavy atom. The molecule has 1 aliphatic rings.